The molecule has 0 aliphatic carbocycles. The van der Waals surface area contributed by atoms with Crippen LogP contribution in [0, 0.1) is 0 Å². The van der Waals surface area contributed by atoms with Crippen LogP contribution in [0.1, 0.15) is 6.92 Å². The number of rotatable bonds is 3. The van der Waals surface area contributed by atoms with E-state index in [4.69, 9.17) is 4.74 Å². The molecule has 1 aromatic rings. The SMILES string of the molecule is CCNc1ccnc(OC)c1. The maximum atomic E-state index is 4.95. The predicted molar refractivity (Wildman–Crippen MR) is 45.0 cm³/mol. The number of methoxy groups -OCH3 is 1. The Balaban J connectivity index is 2.74. The van der Waals surface area contributed by atoms with Crippen molar-refractivity contribution >= 4 is 5.69 Å². The summed E-state index contributed by atoms with van der Waals surface area (Å²) in [7, 11) is 1.61. The average Bonchev–Trinajstić information content (AvgIpc) is 2.06. The van der Waals surface area contributed by atoms with Crippen molar-refractivity contribution in [3.05, 3.63) is 18.3 Å². The molecule has 0 spiro atoms. The Labute approximate surface area is 66.4 Å². The molecule has 1 rings (SSSR count). The predicted octanol–water partition coefficient (Wildman–Crippen LogP) is 1.52. The molecular formula is C8H12N2O. The van der Waals surface area contributed by atoms with Crippen molar-refractivity contribution < 1.29 is 4.74 Å². The molecule has 0 radical (unpaired) electrons. The first kappa shape index (κ1) is 7.85. The van der Waals surface area contributed by atoms with Gasteiger partial charge in [0, 0.05) is 24.5 Å². The van der Waals surface area contributed by atoms with Crippen LogP contribution in [0.5, 0.6) is 5.88 Å². The molecule has 0 atom stereocenters. The number of hydrogen-bond acceptors (Lipinski definition) is 3. The lowest BCUT2D eigenvalue weighted by atomic mass is 10.4. The maximum Gasteiger partial charge on any atom is 0.214 e. The molecule has 3 nitrogen and oxygen atoms in total. The van der Waals surface area contributed by atoms with Crippen molar-refractivity contribution in [2.45, 2.75) is 6.92 Å². The second kappa shape index (κ2) is 3.81. The Kier molecular flexibility index (Phi) is 2.72. The van der Waals surface area contributed by atoms with Crippen LogP contribution in [0.25, 0.3) is 0 Å². The molecule has 60 valence electrons. The van der Waals surface area contributed by atoms with Crippen LogP contribution in [0.3, 0.4) is 0 Å². The largest absolute Gasteiger partial charge is 0.481 e. The highest BCUT2D eigenvalue weighted by atomic mass is 16.5. The van der Waals surface area contributed by atoms with Crippen LogP contribution in [0.4, 0.5) is 5.69 Å². The summed E-state index contributed by atoms with van der Waals surface area (Å²) < 4.78 is 4.95. The van der Waals surface area contributed by atoms with Gasteiger partial charge in [-0.3, -0.25) is 0 Å². The first-order valence-corrected chi connectivity index (χ1v) is 3.60. The van der Waals surface area contributed by atoms with Gasteiger partial charge in [0.15, 0.2) is 0 Å². The van der Waals surface area contributed by atoms with Gasteiger partial charge in [0.2, 0.25) is 5.88 Å². The lowest BCUT2D eigenvalue weighted by molar-refractivity contribution is 0.398. The molecule has 0 saturated heterocycles. The van der Waals surface area contributed by atoms with E-state index in [1.54, 1.807) is 13.3 Å². The molecule has 0 saturated carbocycles. The summed E-state index contributed by atoms with van der Waals surface area (Å²) in [6, 6.07) is 3.77. The highest BCUT2D eigenvalue weighted by Crippen LogP contribution is 2.12. The number of nitrogens with zero attached hydrogens (tertiary/aromatic N) is 1. The minimum absolute atomic E-state index is 0.642. The molecule has 0 aliphatic heterocycles. The van der Waals surface area contributed by atoms with Gasteiger partial charge in [0.1, 0.15) is 0 Å². The van der Waals surface area contributed by atoms with E-state index in [1.165, 1.54) is 0 Å². The van der Waals surface area contributed by atoms with Gasteiger partial charge in [-0.2, -0.15) is 0 Å². The van der Waals surface area contributed by atoms with E-state index in [0.29, 0.717) is 5.88 Å². The normalized spacial score (nSPS) is 9.27. The molecule has 11 heavy (non-hydrogen) atoms. The van der Waals surface area contributed by atoms with Crippen molar-refractivity contribution in [3.63, 3.8) is 0 Å². The summed E-state index contributed by atoms with van der Waals surface area (Å²) in [5.74, 6) is 0.642. The van der Waals surface area contributed by atoms with Gasteiger partial charge in [-0.25, -0.2) is 4.98 Å². The zero-order valence-corrected chi connectivity index (χ0v) is 6.79. The number of pyridine rings is 1. The van der Waals surface area contributed by atoms with E-state index in [9.17, 15) is 0 Å². The molecule has 1 N–H and O–H groups in total. The van der Waals surface area contributed by atoms with Crippen molar-refractivity contribution in [2.75, 3.05) is 19.0 Å². The first-order valence-electron chi connectivity index (χ1n) is 3.60. The third-order valence-corrected chi connectivity index (χ3v) is 1.32. The number of aromatic nitrogens is 1. The molecule has 3 heteroatoms. The Morgan fingerprint density at radius 2 is 2.45 bits per heavy atom. The minimum Gasteiger partial charge on any atom is -0.481 e. The Hall–Kier alpha value is -1.25. The van der Waals surface area contributed by atoms with E-state index >= 15 is 0 Å². The number of nitrogens with one attached hydrogen (secondary N) is 1. The topological polar surface area (TPSA) is 34.2 Å². The molecule has 1 heterocycles. The molecule has 0 aromatic carbocycles. The molecule has 0 bridgehead atoms. The fourth-order valence-electron chi connectivity index (χ4n) is 0.835. The third-order valence-electron chi connectivity index (χ3n) is 1.32. The van der Waals surface area contributed by atoms with E-state index in [-0.39, 0.29) is 0 Å². The van der Waals surface area contributed by atoms with Gasteiger partial charge in [-0.05, 0) is 13.0 Å². The Morgan fingerprint density at radius 3 is 3.09 bits per heavy atom. The fourth-order valence-corrected chi connectivity index (χ4v) is 0.835. The van der Waals surface area contributed by atoms with Crippen LogP contribution in [-0.4, -0.2) is 18.6 Å². The van der Waals surface area contributed by atoms with Gasteiger partial charge in [-0.1, -0.05) is 0 Å². The van der Waals surface area contributed by atoms with Gasteiger partial charge in [0.05, 0.1) is 7.11 Å². The molecule has 1 aromatic heterocycles. The highest BCUT2D eigenvalue weighted by molar-refractivity contribution is 5.44. The second-order valence-corrected chi connectivity index (χ2v) is 2.12. The zero-order chi connectivity index (χ0) is 8.10. The van der Waals surface area contributed by atoms with Crippen LogP contribution < -0.4 is 10.1 Å². The Morgan fingerprint density at radius 1 is 1.64 bits per heavy atom. The first-order chi connectivity index (χ1) is 5.36. The summed E-state index contributed by atoms with van der Waals surface area (Å²) >= 11 is 0. The zero-order valence-electron chi connectivity index (χ0n) is 6.79. The van der Waals surface area contributed by atoms with E-state index < -0.39 is 0 Å². The van der Waals surface area contributed by atoms with E-state index in [0.717, 1.165) is 12.2 Å². The minimum atomic E-state index is 0.642. The van der Waals surface area contributed by atoms with Gasteiger partial charge in [-0.15, -0.1) is 0 Å². The molecule has 0 aliphatic rings. The second-order valence-electron chi connectivity index (χ2n) is 2.12. The van der Waals surface area contributed by atoms with Gasteiger partial charge < -0.3 is 10.1 Å². The van der Waals surface area contributed by atoms with Gasteiger partial charge >= 0.3 is 0 Å². The summed E-state index contributed by atoms with van der Waals surface area (Å²) in [6.07, 6.45) is 1.72. The number of anilines is 1. The summed E-state index contributed by atoms with van der Waals surface area (Å²) in [4.78, 5) is 3.98. The van der Waals surface area contributed by atoms with Crippen LogP contribution >= 0.6 is 0 Å². The third kappa shape index (κ3) is 2.11. The molecule has 0 amide bonds. The summed E-state index contributed by atoms with van der Waals surface area (Å²) in [6.45, 7) is 2.96. The fraction of sp³-hybridized carbons (Fsp3) is 0.375. The average molecular weight is 152 g/mol. The number of ether oxygens (including phenoxy) is 1. The smallest absolute Gasteiger partial charge is 0.214 e. The molecule has 0 unspecified atom stereocenters. The summed E-state index contributed by atoms with van der Waals surface area (Å²) in [5, 5.41) is 3.16. The van der Waals surface area contributed by atoms with Crippen LogP contribution in [0.15, 0.2) is 18.3 Å². The van der Waals surface area contributed by atoms with Crippen LogP contribution in [0.2, 0.25) is 0 Å². The van der Waals surface area contributed by atoms with Crippen molar-refractivity contribution in [1.82, 2.24) is 4.98 Å². The number of hydrogen-bond donors (Lipinski definition) is 1. The van der Waals surface area contributed by atoms with Gasteiger partial charge in [0.25, 0.3) is 0 Å². The lowest BCUT2D eigenvalue weighted by Crippen LogP contribution is -1.97. The quantitative estimate of drug-likeness (QED) is 0.713. The standard InChI is InChI=1S/C8H12N2O/c1-3-9-7-4-5-10-8(6-7)11-2/h4-6H,3H2,1-2H3,(H,9,10). The van der Waals surface area contributed by atoms with Crippen molar-refractivity contribution in [2.24, 2.45) is 0 Å². The molecule has 0 fully saturated rings. The molecular weight excluding hydrogens is 140 g/mol. The van der Waals surface area contributed by atoms with Crippen molar-refractivity contribution in [3.8, 4) is 5.88 Å². The lowest BCUT2D eigenvalue weighted by Gasteiger charge is -2.03. The van der Waals surface area contributed by atoms with Crippen molar-refractivity contribution in [1.29, 1.82) is 0 Å². The highest BCUT2D eigenvalue weighted by Gasteiger charge is 1.92. The van der Waals surface area contributed by atoms with E-state index in [2.05, 4.69) is 10.3 Å². The monoisotopic (exact) mass is 152 g/mol. The maximum absolute atomic E-state index is 4.95. The summed E-state index contributed by atoms with van der Waals surface area (Å²) in [5.41, 5.74) is 1.04. The Bertz CT molecular complexity index is 225. The van der Waals surface area contributed by atoms with Crippen LogP contribution in [-0.2, 0) is 0 Å². The van der Waals surface area contributed by atoms with E-state index in [1.807, 2.05) is 19.1 Å².